The van der Waals surface area contributed by atoms with Crippen LogP contribution in [0.4, 0.5) is 4.79 Å². The molecule has 0 amide bonds. The van der Waals surface area contributed by atoms with Gasteiger partial charge in [0.05, 0.1) is 6.61 Å². The van der Waals surface area contributed by atoms with Crippen molar-refractivity contribution in [2.75, 3.05) is 6.61 Å². The van der Waals surface area contributed by atoms with Gasteiger partial charge >= 0.3 is 6.16 Å². The Balaban J connectivity index is 2.12. The number of rotatable bonds is 3. The van der Waals surface area contributed by atoms with Crippen molar-refractivity contribution in [2.45, 2.75) is 13.3 Å². The highest BCUT2D eigenvalue weighted by Gasteiger charge is 2.09. The lowest BCUT2D eigenvalue weighted by Gasteiger charge is -2.03. The van der Waals surface area contributed by atoms with Crippen LogP contribution in [0.3, 0.4) is 0 Å². The van der Waals surface area contributed by atoms with Gasteiger partial charge in [0.2, 0.25) is 0 Å². The summed E-state index contributed by atoms with van der Waals surface area (Å²) in [6.07, 6.45) is -0.0368. The topological polar surface area (TPSA) is 66.2 Å². The van der Waals surface area contributed by atoms with Crippen molar-refractivity contribution in [1.82, 2.24) is 15.2 Å². The Kier molecular flexibility index (Phi) is 3.00. The Labute approximate surface area is 91.7 Å². The Bertz CT molecular complexity index is 495. The highest BCUT2D eigenvalue weighted by molar-refractivity contribution is 5.74. The average molecular weight is 221 g/mol. The monoisotopic (exact) mass is 221 g/mol. The van der Waals surface area contributed by atoms with Crippen molar-refractivity contribution in [3.63, 3.8) is 0 Å². The Morgan fingerprint density at radius 2 is 2.25 bits per heavy atom. The van der Waals surface area contributed by atoms with Crippen molar-refractivity contribution in [1.29, 1.82) is 0 Å². The van der Waals surface area contributed by atoms with Crippen molar-refractivity contribution in [2.24, 2.45) is 0 Å². The van der Waals surface area contributed by atoms with Crippen LogP contribution >= 0.6 is 0 Å². The van der Waals surface area contributed by atoms with E-state index in [4.69, 9.17) is 9.57 Å². The first-order valence-corrected chi connectivity index (χ1v) is 4.97. The van der Waals surface area contributed by atoms with Crippen molar-refractivity contribution >= 4 is 17.2 Å². The van der Waals surface area contributed by atoms with Crippen molar-refractivity contribution in [3.05, 3.63) is 24.3 Å². The maximum atomic E-state index is 11.2. The summed E-state index contributed by atoms with van der Waals surface area (Å²) in [5, 5.41) is 7.52. The number of hydrogen-bond donors (Lipinski definition) is 0. The molecule has 0 atom stereocenters. The molecule has 1 aromatic carbocycles. The molecule has 1 heterocycles. The van der Waals surface area contributed by atoms with Gasteiger partial charge in [-0.2, -0.15) is 0 Å². The van der Waals surface area contributed by atoms with Gasteiger partial charge in [-0.25, -0.2) is 4.79 Å². The summed E-state index contributed by atoms with van der Waals surface area (Å²) < 4.78 is 4.76. The summed E-state index contributed by atoms with van der Waals surface area (Å²) in [7, 11) is 0. The lowest BCUT2D eigenvalue weighted by molar-refractivity contribution is 0.0396. The SMILES string of the molecule is CCCOC(=O)On1nnc2ccccc21. The Morgan fingerprint density at radius 1 is 1.44 bits per heavy atom. The molecule has 0 spiro atoms. The first kappa shape index (κ1) is 10.4. The van der Waals surface area contributed by atoms with Crippen LogP contribution in [0.5, 0.6) is 0 Å². The normalized spacial score (nSPS) is 10.3. The number of carbonyl (C=O) groups is 1. The molecule has 0 N–H and O–H groups in total. The van der Waals surface area contributed by atoms with Gasteiger partial charge in [0.1, 0.15) is 11.0 Å². The van der Waals surface area contributed by atoms with E-state index < -0.39 is 6.16 Å². The summed E-state index contributed by atoms with van der Waals surface area (Å²) in [6.45, 7) is 2.23. The third kappa shape index (κ3) is 2.10. The highest BCUT2D eigenvalue weighted by atomic mass is 16.8. The lowest BCUT2D eigenvalue weighted by Crippen LogP contribution is -2.22. The van der Waals surface area contributed by atoms with Crippen LogP contribution in [0, 0.1) is 0 Å². The van der Waals surface area contributed by atoms with Gasteiger partial charge in [-0.3, -0.25) is 4.84 Å². The molecular formula is C10H11N3O3. The first-order valence-electron chi connectivity index (χ1n) is 4.97. The summed E-state index contributed by atoms with van der Waals surface area (Å²) in [4.78, 5) is 17.1. The minimum atomic E-state index is -0.780. The number of carbonyl (C=O) groups excluding carboxylic acids is 1. The molecule has 16 heavy (non-hydrogen) atoms. The molecule has 0 bridgehead atoms. The maximum absolute atomic E-state index is 11.2. The van der Waals surface area contributed by atoms with E-state index in [1.807, 2.05) is 19.1 Å². The number of nitrogens with zero attached hydrogens (tertiary/aromatic N) is 3. The largest absolute Gasteiger partial charge is 0.535 e. The predicted octanol–water partition coefficient (Wildman–Crippen LogP) is 1.41. The van der Waals surface area contributed by atoms with Crippen LogP contribution in [0.2, 0.25) is 0 Å². The second-order valence-corrected chi connectivity index (χ2v) is 3.14. The van der Waals surface area contributed by atoms with E-state index in [2.05, 4.69) is 10.3 Å². The minimum absolute atomic E-state index is 0.325. The third-order valence-electron chi connectivity index (χ3n) is 1.91. The number of benzene rings is 1. The van der Waals surface area contributed by atoms with Crippen LogP contribution < -0.4 is 4.84 Å². The quantitative estimate of drug-likeness (QED) is 0.579. The van der Waals surface area contributed by atoms with E-state index in [0.717, 1.165) is 11.3 Å². The van der Waals surface area contributed by atoms with Crippen LogP contribution in [0.25, 0.3) is 11.0 Å². The zero-order valence-corrected chi connectivity index (χ0v) is 8.79. The zero-order valence-electron chi connectivity index (χ0n) is 8.79. The molecule has 0 fully saturated rings. The van der Waals surface area contributed by atoms with E-state index >= 15 is 0 Å². The molecule has 0 aliphatic rings. The van der Waals surface area contributed by atoms with E-state index in [1.165, 1.54) is 0 Å². The van der Waals surface area contributed by atoms with Gasteiger partial charge in [0.25, 0.3) is 0 Å². The fraction of sp³-hybridized carbons (Fsp3) is 0.300. The van der Waals surface area contributed by atoms with E-state index in [0.29, 0.717) is 17.6 Å². The van der Waals surface area contributed by atoms with E-state index in [1.54, 1.807) is 12.1 Å². The second kappa shape index (κ2) is 4.61. The van der Waals surface area contributed by atoms with Crippen molar-refractivity contribution < 1.29 is 14.4 Å². The van der Waals surface area contributed by atoms with Crippen molar-refractivity contribution in [3.8, 4) is 0 Å². The number of fused-ring (bicyclic) bond motifs is 1. The summed E-state index contributed by atoms with van der Waals surface area (Å²) >= 11 is 0. The molecule has 6 heteroatoms. The third-order valence-corrected chi connectivity index (χ3v) is 1.91. The van der Waals surface area contributed by atoms with Gasteiger partial charge in [-0.05, 0) is 23.8 Å². The maximum Gasteiger partial charge on any atom is 0.535 e. The van der Waals surface area contributed by atoms with Gasteiger partial charge in [0, 0.05) is 0 Å². The van der Waals surface area contributed by atoms with Gasteiger partial charge < -0.3 is 4.74 Å². The Hall–Kier alpha value is -2.11. The standard InChI is InChI=1S/C10H11N3O3/c1-2-7-15-10(14)16-13-9-6-4-3-5-8(9)11-12-13/h3-6H,2,7H2,1H3. The number of ether oxygens (including phenoxy) is 1. The molecule has 6 nitrogen and oxygen atoms in total. The molecule has 0 saturated carbocycles. The van der Waals surface area contributed by atoms with Gasteiger partial charge in [0.15, 0.2) is 0 Å². The molecule has 1 aromatic heterocycles. The smallest absolute Gasteiger partial charge is 0.433 e. The lowest BCUT2D eigenvalue weighted by atomic mass is 10.3. The molecular weight excluding hydrogens is 210 g/mol. The molecule has 2 aromatic rings. The van der Waals surface area contributed by atoms with Crippen LogP contribution in [0.15, 0.2) is 24.3 Å². The summed E-state index contributed by atoms with van der Waals surface area (Å²) in [5.41, 5.74) is 1.28. The van der Waals surface area contributed by atoms with E-state index in [9.17, 15) is 4.79 Å². The predicted molar refractivity (Wildman–Crippen MR) is 55.7 cm³/mol. The van der Waals surface area contributed by atoms with Crippen LogP contribution in [-0.2, 0) is 4.74 Å². The summed E-state index contributed by atoms with van der Waals surface area (Å²) in [5.74, 6) is 0. The number of para-hydroxylation sites is 1. The minimum Gasteiger partial charge on any atom is -0.433 e. The fourth-order valence-electron chi connectivity index (χ4n) is 1.20. The fourth-order valence-corrected chi connectivity index (χ4v) is 1.20. The summed E-state index contributed by atoms with van der Waals surface area (Å²) in [6, 6.07) is 7.17. The average Bonchev–Trinajstić information content (AvgIpc) is 2.70. The van der Waals surface area contributed by atoms with Gasteiger partial charge in [-0.15, -0.1) is 5.10 Å². The molecule has 84 valence electrons. The molecule has 0 aliphatic heterocycles. The number of aromatic nitrogens is 3. The second-order valence-electron chi connectivity index (χ2n) is 3.14. The highest BCUT2D eigenvalue weighted by Crippen LogP contribution is 2.08. The molecule has 0 saturated heterocycles. The Morgan fingerprint density at radius 3 is 3.06 bits per heavy atom. The zero-order chi connectivity index (χ0) is 11.4. The molecule has 0 aliphatic carbocycles. The van der Waals surface area contributed by atoms with Crippen LogP contribution in [0.1, 0.15) is 13.3 Å². The van der Waals surface area contributed by atoms with E-state index in [-0.39, 0.29) is 0 Å². The molecule has 2 rings (SSSR count). The number of hydrogen-bond acceptors (Lipinski definition) is 5. The molecule has 0 radical (unpaired) electrons. The van der Waals surface area contributed by atoms with Gasteiger partial charge in [-0.1, -0.05) is 23.9 Å². The molecule has 0 unspecified atom stereocenters. The first-order chi connectivity index (χ1) is 7.81. The van der Waals surface area contributed by atoms with Crippen LogP contribution in [-0.4, -0.2) is 27.9 Å².